The molecule has 3 nitrogen and oxygen atoms in total. The zero-order valence-electron chi connectivity index (χ0n) is 12.3. The van der Waals surface area contributed by atoms with Crippen molar-refractivity contribution in [3.05, 3.63) is 23.8 Å². The molecule has 1 fully saturated rings. The van der Waals surface area contributed by atoms with Gasteiger partial charge in [0, 0.05) is 6.04 Å². The van der Waals surface area contributed by atoms with E-state index in [2.05, 4.69) is 11.8 Å². The molecule has 1 aliphatic rings. The van der Waals surface area contributed by atoms with Crippen LogP contribution in [0, 0.1) is 0 Å². The van der Waals surface area contributed by atoms with Gasteiger partial charge in [0.1, 0.15) is 11.5 Å². The largest absolute Gasteiger partial charge is 0.496 e. The molecule has 0 N–H and O–H groups in total. The van der Waals surface area contributed by atoms with E-state index in [1.807, 2.05) is 18.2 Å². The highest BCUT2D eigenvalue weighted by Crippen LogP contribution is 2.42. The lowest BCUT2D eigenvalue weighted by Crippen LogP contribution is -2.25. The van der Waals surface area contributed by atoms with Crippen molar-refractivity contribution in [2.24, 2.45) is 0 Å². The summed E-state index contributed by atoms with van der Waals surface area (Å²) in [4.78, 5) is 2.57. The maximum atomic E-state index is 5.55. The van der Waals surface area contributed by atoms with Gasteiger partial charge in [-0.25, -0.2) is 0 Å². The Kier molecular flexibility index (Phi) is 5.08. The van der Waals surface area contributed by atoms with E-state index in [1.54, 1.807) is 14.2 Å². The molecule has 0 unspecified atom stereocenters. The van der Waals surface area contributed by atoms with Gasteiger partial charge < -0.3 is 9.47 Å². The van der Waals surface area contributed by atoms with Gasteiger partial charge in [0.2, 0.25) is 0 Å². The predicted molar refractivity (Wildman–Crippen MR) is 78.0 cm³/mol. The monoisotopic (exact) mass is 263 g/mol. The molecule has 2 rings (SSSR count). The molecule has 1 saturated heterocycles. The Morgan fingerprint density at radius 2 is 1.89 bits per heavy atom. The van der Waals surface area contributed by atoms with E-state index in [0.717, 1.165) is 11.5 Å². The highest BCUT2D eigenvalue weighted by Gasteiger charge is 2.30. The third kappa shape index (κ3) is 3.03. The lowest BCUT2D eigenvalue weighted by atomic mass is 10.0. The van der Waals surface area contributed by atoms with Crippen molar-refractivity contribution < 1.29 is 9.47 Å². The van der Waals surface area contributed by atoms with Crippen LogP contribution in [-0.2, 0) is 0 Å². The van der Waals surface area contributed by atoms with Gasteiger partial charge in [-0.3, -0.25) is 4.90 Å². The van der Waals surface area contributed by atoms with Crippen molar-refractivity contribution in [2.75, 3.05) is 27.3 Å². The second-order valence-electron chi connectivity index (χ2n) is 5.12. The van der Waals surface area contributed by atoms with Crippen LogP contribution in [0.15, 0.2) is 18.2 Å². The van der Waals surface area contributed by atoms with Crippen LogP contribution in [0.4, 0.5) is 0 Å². The number of ether oxygens (including phenoxy) is 2. The van der Waals surface area contributed by atoms with Crippen LogP contribution >= 0.6 is 0 Å². The first-order valence-electron chi connectivity index (χ1n) is 7.26. The SMILES string of the molecule is CCCCN1CCC[C@@H]1c1c(OC)cccc1OC. The molecule has 1 atom stereocenters. The lowest BCUT2D eigenvalue weighted by molar-refractivity contribution is 0.241. The number of rotatable bonds is 6. The molecule has 19 heavy (non-hydrogen) atoms. The summed E-state index contributed by atoms with van der Waals surface area (Å²) >= 11 is 0. The van der Waals surface area contributed by atoms with Crippen molar-refractivity contribution in [3.63, 3.8) is 0 Å². The van der Waals surface area contributed by atoms with Gasteiger partial charge >= 0.3 is 0 Å². The zero-order valence-corrected chi connectivity index (χ0v) is 12.3. The van der Waals surface area contributed by atoms with Crippen LogP contribution in [0.2, 0.25) is 0 Å². The van der Waals surface area contributed by atoms with Crippen LogP contribution in [0.5, 0.6) is 11.5 Å². The van der Waals surface area contributed by atoms with E-state index in [9.17, 15) is 0 Å². The molecule has 0 spiro atoms. The van der Waals surface area contributed by atoms with Gasteiger partial charge in [0.15, 0.2) is 0 Å². The average molecular weight is 263 g/mol. The molecule has 0 radical (unpaired) electrons. The Labute approximate surface area is 116 Å². The van der Waals surface area contributed by atoms with Crippen molar-refractivity contribution in [3.8, 4) is 11.5 Å². The Balaban J connectivity index is 2.28. The minimum atomic E-state index is 0.442. The van der Waals surface area contributed by atoms with Gasteiger partial charge in [-0.05, 0) is 44.5 Å². The van der Waals surface area contributed by atoms with Crippen LogP contribution < -0.4 is 9.47 Å². The lowest BCUT2D eigenvalue weighted by Gasteiger charge is -2.27. The minimum absolute atomic E-state index is 0.442. The summed E-state index contributed by atoms with van der Waals surface area (Å²) in [7, 11) is 3.48. The van der Waals surface area contributed by atoms with Gasteiger partial charge in [-0.15, -0.1) is 0 Å². The van der Waals surface area contributed by atoms with Gasteiger partial charge in [0.25, 0.3) is 0 Å². The molecule has 0 aromatic heterocycles. The molecule has 1 aromatic carbocycles. The molecular weight excluding hydrogens is 238 g/mol. The quantitative estimate of drug-likeness (QED) is 0.782. The second kappa shape index (κ2) is 6.80. The molecule has 0 amide bonds. The predicted octanol–water partition coefficient (Wildman–Crippen LogP) is 3.64. The normalized spacial score (nSPS) is 19.6. The van der Waals surface area contributed by atoms with E-state index in [1.165, 1.54) is 44.3 Å². The summed E-state index contributed by atoms with van der Waals surface area (Å²) in [6.45, 7) is 4.60. The fourth-order valence-electron chi connectivity index (χ4n) is 2.99. The highest BCUT2D eigenvalue weighted by molar-refractivity contribution is 5.47. The average Bonchev–Trinajstić information content (AvgIpc) is 2.91. The third-order valence-electron chi connectivity index (χ3n) is 3.96. The van der Waals surface area contributed by atoms with E-state index in [-0.39, 0.29) is 0 Å². The Bertz CT molecular complexity index is 383. The molecule has 1 heterocycles. The van der Waals surface area contributed by atoms with Gasteiger partial charge in [0.05, 0.1) is 19.8 Å². The number of hydrogen-bond donors (Lipinski definition) is 0. The maximum Gasteiger partial charge on any atom is 0.127 e. The fraction of sp³-hybridized carbons (Fsp3) is 0.625. The van der Waals surface area contributed by atoms with E-state index in [0.29, 0.717) is 6.04 Å². The molecule has 3 heteroatoms. The van der Waals surface area contributed by atoms with E-state index < -0.39 is 0 Å². The number of methoxy groups -OCH3 is 2. The first-order valence-corrected chi connectivity index (χ1v) is 7.26. The van der Waals surface area contributed by atoms with Gasteiger partial charge in [-0.2, -0.15) is 0 Å². The zero-order chi connectivity index (χ0) is 13.7. The molecule has 0 saturated carbocycles. The van der Waals surface area contributed by atoms with Gasteiger partial charge in [-0.1, -0.05) is 19.4 Å². The second-order valence-corrected chi connectivity index (χ2v) is 5.12. The number of unbranched alkanes of at least 4 members (excludes halogenated alkanes) is 1. The van der Waals surface area contributed by atoms with Crippen LogP contribution in [0.25, 0.3) is 0 Å². The van der Waals surface area contributed by atoms with Crippen LogP contribution in [-0.4, -0.2) is 32.2 Å². The van der Waals surface area contributed by atoms with E-state index in [4.69, 9.17) is 9.47 Å². The summed E-state index contributed by atoms with van der Waals surface area (Å²) in [5.41, 5.74) is 1.22. The Morgan fingerprint density at radius 3 is 2.47 bits per heavy atom. The highest BCUT2D eigenvalue weighted by atomic mass is 16.5. The van der Waals surface area contributed by atoms with Crippen LogP contribution in [0.3, 0.4) is 0 Å². The maximum absolute atomic E-state index is 5.55. The van der Waals surface area contributed by atoms with Crippen LogP contribution in [0.1, 0.15) is 44.2 Å². The number of nitrogens with zero attached hydrogens (tertiary/aromatic N) is 1. The molecule has 0 bridgehead atoms. The van der Waals surface area contributed by atoms with Crippen molar-refractivity contribution in [1.29, 1.82) is 0 Å². The summed E-state index contributed by atoms with van der Waals surface area (Å²) < 4.78 is 11.1. The summed E-state index contributed by atoms with van der Waals surface area (Å²) in [6, 6.07) is 6.51. The molecule has 1 aliphatic heterocycles. The summed E-state index contributed by atoms with van der Waals surface area (Å²) in [5.74, 6) is 1.90. The fourth-order valence-corrected chi connectivity index (χ4v) is 2.99. The summed E-state index contributed by atoms with van der Waals surface area (Å²) in [6.07, 6.45) is 4.95. The van der Waals surface area contributed by atoms with Crippen molar-refractivity contribution >= 4 is 0 Å². The Hall–Kier alpha value is -1.22. The summed E-state index contributed by atoms with van der Waals surface area (Å²) in [5, 5.41) is 0. The molecule has 1 aromatic rings. The van der Waals surface area contributed by atoms with Crippen molar-refractivity contribution in [1.82, 2.24) is 4.90 Å². The standard InChI is InChI=1S/C16H25NO2/c1-4-5-11-17-12-7-8-13(17)16-14(18-2)9-6-10-15(16)19-3/h6,9-10,13H,4-5,7-8,11-12H2,1-3H3/t13-/m1/s1. The smallest absolute Gasteiger partial charge is 0.127 e. The van der Waals surface area contributed by atoms with Crippen molar-refractivity contribution in [2.45, 2.75) is 38.6 Å². The molecular formula is C16H25NO2. The minimum Gasteiger partial charge on any atom is -0.496 e. The number of hydrogen-bond acceptors (Lipinski definition) is 3. The first kappa shape index (κ1) is 14.2. The molecule has 106 valence electrons. The number of likely N-dealkylation sites (tertiary alicyclic amines) is 1. The Morgan fingerprint density at radius 1 is 1.21 bits per heavy atom. The molecule has 0 aliphatic carbocycles. The number of benzene rings is 1. The third-order valence-corrected chi connectivity index (χ3v) is 3.96. The topological polar surface area (TPSA) is 21.7 Å². The first-order chi connectivity index (χ1) is 9.31. The van der Waals surface area contributed by atoms with E-state index >= 15 is 0 Å².